The summed E-state index contributed by atoms with van der Waals surface area (Å²) in [6.45, 7) is 0. The largest absolute Gasteiger partial charge is 0.496 e. The Bertz CT molecular complexity index is 731. The van der Waals surface area contributed by atoms with Gasteiger partial charge in [0.1, 0.15) is 22.8 Å². The third kappa shape index (κ3) is 2.25. The van der Waals surface area contributed by atoms with E-state index in [0.29, 0.717) is 22.8 Å². The minimum atomic E-state index is -0.187. The van der Waals surface area contributed by atoms with Gasteiger partial charge in [-0.15, -0.1) is 0 Å². The van der Waals surface area contributed by atoms with Crippen molar-refractivity contribution in [1.82, 2.24) is 0 Å². The van der Waals surface area contributed by atoms with Crippen molar-refractivity contribution in [3.63, 3.8) is 0 Å². The molecule has 1 heterocycles. The highest BCUT2D eigenvalue weighted by Gasteiger charge is 2.30. The van der Waals surface area contributed by atoms with Crippen molar-refractivity contribution in [2.45, 2.75) is 0 Å². The van der Waals surface area contributed by atoms with E-state index >= 15 is 0 Å². The van der Waals surface area contributed by atoms with E-state index in [0.717, 1.165) is 5.56 Å². The van der Waals surface area contributed by atoms with Gasteiger partial charge in [0, 0.05) is 5.56 Å². The van der Waals surface area contributed by atoms with Crippen LogP contribution in [0.25, 0.3) is 6.08 Å². The Morgan fingerprint density at radius 1 is 0.952 bits per heavy atom. The molecule has 21 heavy (non-hydrogen) atoms. The monoisotopic (exact) mass is 282 g/mol. The number of allylic oxidation sites excluding steroid dienone is 1. The number of fused-ring (bicyclic) bond motifs is 1. The summed E-state index contributed by atoms with van der Waals surface area (Å²) in [6, 6.07) is 12.7. The van der Waals surface area contributed by atoms with Crippen LogP contribution in [0.2, 0.25) is 0 Å². The van der Waals surface area contributed by atoms with E-state index in [-0.39, 0.29) is 11.5 Å². The highest BCUT2D eigenvalue weighted by Crippen LogP contribution is 2.38. The third-order valence-corrected chi connectivity index (χ3v) is 3.30. The van der Waals surface area contributed by atoms with Crippen LogP contribution >= 0.6 is 0 Å². The minimum Gasteiger partial charge on any atom is -0.496 e. The molecule has 0 fully saturated rings. The molecule has 0 atom stereocenters. The molecule has 0 unspecified atom stereocenters. The highest BCUT2D eigenvalue weighted by molar-refractivity contribution is 6.16. The lowest BCUT2D eigenvalue weighted by Gasteiger charge is -2.04. The Balaban J connectivity index is 2.04. The van der Waals surface area contributed by atoms with Crippen LogP contribution in [0.1, 0.15) is 15.9 Å². The molecular weight excluding hydrogens is 268 g/mol. The zero-order chi connectivity index (χ0) is 14.8. The van der Waals surface area contributed by atoms with Gasteiger partial charge < -0.3 is 14.2 Å². The molecule has 0 bridgehead atoms. The fourth-order valence-corrected chi connectivity index (χ4v) is 2.30. The zero-order valence-corrected chi connectivity index (χ0v) is 11.8. The summed E-state index contributed by atoms with van der Waals surface area (Å²) in [5.74, 6) is 1.79. The van der Waals surface area contributed by atoms with Crippen LogP contribution in [-0.4, -0.2) is 20.0 Å². The number of hydrogen-bond acceptors (Lipinski definition) is 4. The Morgan fingerprint density at radius 2 is 1.67 bits per heavy atom. The normalized spacial score (nSPS) is 14.8. The Morgan fingerprint density at radius 3 is 2.43 bits per heavy atom. The molecule has 1 aliphatic rings. The lowest BCUT2D eigenvalue weighted by Crippen LogP contribution is -2.00. The van der Waals surface area contributed by atoms with Crippen molar-refractivity contribution >= 4 is 11.9 Å². The maximum atomic E-state index is 12.5. The van der Waals surface area contributed by atoms with Crippen molar-refractivity contribution in [3.05, 3.63) is 59.4 Å². The summed E-state index contributed by atoms with van der Waals surface area (Å²) in [6.07, 6.45) is 1.68. The van der Waals surface area contributed by atoms with Gasteiger partial charge in [-0.2, -0.15) is 0 Å². The Kier molecular flexibility index (Phi) is 3.36. The van der Waals surface area contributed by atoms with Crippen LogP contribution in [0.3, 0.4) is 0 Å². The molecular formula is C17H14O4. The number of carbonyl (C=O) groups excluding carboxylic acids is 1. The van der Waals surface area contributed by atoms with Gasteiger partial charge in [0.15, 0.2) is 5.76 Å². The minimum absolute atomic E-state index is 0.187. The average Bonchev–Trinajstić information content (AvgIpc) is 2.84. The molecule has 0 amide bonds. The van der Waals surface area contributed by atoms with Gasteiger partial charge >= 0.3 is 0 Å². The van der Waals surface area contributed by atoms with E-state index in [1.807, 2.05) is 24.3 Å². The number of methoxy groups -OCH3 is 2. The summed E-state index contributed by atoms with van der Waals surface area (Å²) in [5.41, 5.74) is 1.25. The molecule has 0 saturated heterocycles. The standard InChI is InChI=1S/C17H14O4/c1-19-12-7-4-3-6-11(12)10-15-17(18)16-13(20-2)8-5-9-14(16)21-15/h3-10H,1-2H3/b15-10-. The van der Waals surface area contributed by atoms with E-state index in [1.54, 1.807) is 31.4 Å². The lowest BCUT2D eigenvalue weighted by atomic mass is 10.1. The number of para-hydroxylation sites is 1. The van der Waals surface area contributed by atoms with E-state index in [9.17, 15) is 4.79 Å². The number of benzene rings is 2. The van der Waals surface area contributed by atoms with Gasteiger partial charge in [-0.3, -0.25) is 4.79 Å². The molecule has 0 saturated carbocycles. The maximum absolute atomic E-state index is 12.5. The highest BCUT2D eigenvalue weighted by atomic mass is 16.5. The van der Waals surface area contributed by atoms with Crippen molar-refractivity contribution in [3.8, 4) is 17.2 Å². The molecule has 0 spiro atoms. The van der Waals surface area contributed by atoms with Crippen LogP contribution in [0.5, 0.6) is 17.2 Å². The molecule has 3 rings (SSSR count). The van der Waals surface area contributed by atoms with Crippen LogP contribution < -0.4 is 14.2 Å². The summed E-state index contributed by atoms with van der Waals surface area (Å²) in [4.78, 5) is 12.5. The van der Waals surface area contributed by atoms with E-state index in [1.165, 1.54) is 7.11 Å². The van der Waals surface area contributed by atoms with Gasteiger partial charge in [0.2, 0.25) is 5.78 Å². The number of ether oxygens (including phenoxy) is 3. The SMILES string of the molecule is COc1ccccc1/C=C1\Oc2cccc(OC)c2C1=O. The smallest absolute Gasteiger partial charge is 0.235 e. The van der Waals surface area contributed by atoms with E-state index < -0.39 is 0 Å². The molecule has 4 nitrogen and oxygen atoms in total. The second-order valence-electron chi connectivity index (χ2n) is 4.52. The maximum Gasteiger partial charge on any atom is 0.235 e. The molecule has 2 aromatic carbocycles. The number of hydrogen-bond donors (Lipinski definition) is 0. The molecule has 0 radical (unpaired) electrons. The van der Waals surface area contributed by atoms with Gasteiger partial charge in [0.25, 0.3) is 0 Å². The van der Waals surface area contributed by atoms with Gasteiger partial charge in [-0.25, -0.2) is 0 Å². The number of ketones is 1. The van der Waals surface area contributed by atoms with Crippen molar-refractivity contribution in [1.29, 1.82) is 0 Å². The van der Waals surface area contributed by atoms with Crippen LogP contribution in [-0.2, 0) is 0 Å². The van der Waals surface area contributed by atoms with Gasteiger partial charge in [-0.05, 0) is 24.3 Å². The number of rotatable bonds is 3. The summed E-state index contributed by atoms with van der Waals surface area (Å²) < 4.78 is 16.1. The first-order valence-electron chi connectivity index (χ1n) is 6.49. The summed E-state index contributed by atoms with van der Waals surface area (Å²) >= 11 is 0. The zero-order valence-electron chi connectivity index (χ0n) is 11.8. The third-order valence-electron chi connectivity index (χ3n) is 3.30. The van der Waals surface area contributed by atoms with Gasteiger partial charge in [-0.1, -0.05) is 24.3 Å². The quantitative estimate of drug-likeness (QED) is 0.810. The Hall–Kier alpha value is -2.75. The molecule has 1 aliphatic heterocycles. The molecule has 0 aliphatic carbocycles. The second kappa shape index (κ2) is 5.32. The second-order valence-corrected chi connectivity index (χ2v) is 4.52. The van der Waals surface area contributed by atoms with E-state index in [2.05, 4.69) is 0 Å². The van der Waals surface area contributed by atoms with Gasteiger partial charge in [0.05, 0.1) is 14.2 Å². The average molecular weight is 282 g/mol. The first kappa shape index (κ1) is 13.2. The first-order valence-corrected chi connectivity index (χ1v) is 6.49. The Labute approximate surface area is 122 Å². The fourth-order valence-electron chi connectivity index (χ4n) is 2.30. The molecule has 0 N–H and O–H groups in total. The number of Topliss-reactive ketones (excluding diaryl/α,β-unsaturated/α-hetero) is 1. The fraction of sp³-hybridized carbons (Fsp3) is 0.118. The molecule has 2 aromatic rings. The summed E-state index contributed by atoms with van der Waals surface area (Å²) in [5, 5.41) is 0. The number of carbonyl (C=O) groups is 1. The van der Waals surface area contributed by atoms with Crippen molar-refractivity contribution in [2.24, 2.45) is 0 Å². The van der Waals surface area contributed by atoms with Crippen LogP contribution in [0.4, 0.5) is 0 Å². The lowest BCUT2D eigenvalue weighted by molar-refractivity contribution is 0.101. The molecule has 106 valence electrons. The van der Waals surface area contributed by atoms with Crippen molar-refractivity contribution < 1.29 is 19.0 Å². The summed E-state index contributed by atoms with van der Waals surface area (Å²) in [7, 11) is 3.12. The predicted octanol–water partition coefficient (Wildman–Crippen LogP) is 3.32. The topological polar surface area (TPSA) is 44.8 Å². The molecule has 4 heteroatoms. The van der Waals surface area contributed by atoms with E-state index in [4.69, 9.17) is 14.2 Å². The predicted molar refractivity (Wildman–Crippen MR) is 78.9 cm³/mol. The molecule has 0 aromatic heterocycles. The first-order chi connectivity index (χ1) is 10.2. The van der Waals surface area contributed by atoms with Crippen molar-refractivity contribution in [2.75, 3.05) is 14.2 Å². The van der Waals surface area contributed by atoms with Crippen LogP contribution in [0, 0.1) is 0 Å². The van der Waals surface area contributed by atoms with Crippen LogP contribution in [0.15, 0.2) is 48.2 Å².